The summed E-state index contributed by atoms with van der Waals surface area (Å²) in [4.78, 5) is 15.1. The number of aromatic nitrogens is 1. The number of methoxy groups -OCH3 is 1. The third kappa shape index (κ3) is 4.10. The molecular weight excluding hydrogens is 326 g/mol. The summed E-state index contributed by atoms with van der Waals surface area (Å²) in [6.07, 6.45) is 3.88. The van der Waals surface area contributed by atoms with Gasteiger partial charge in [-0.3, -0.25) is 4.79 Å². The lowest BCUT2D eigenvalue weighted by molar-refractivity contribution is 0.0946. The molecule has 2 aromatic rings. The van der Waals surface area contributed by atoms with Crippen LogP contribution >= 0.6 is 0 Å². The van der Waals surface area contributed by atoms with Crippen molar-refractivity contribution in [2.45, 2.75) is 33.1 Å². The van der Waals surface area contributed by atoms with Crippen LogP contribution in [-0.4, -0.2) is 48.7 Å². The predicted octanol–water partition coefficient (Wildman–Crippen LogP) is 3.32. The Labute approximate surface area is 156 Å². The van der Waals surface area contributed by atoms with Gasteiger partial charge >= 0.3 is 0 Å². The maximum atomic E-state index is 12.6. The fourth-order valence-electron chi connectivity index (χ4n) is 3.73. The molecule has 0 aliphatic carbocycles. The number of nitrogens with one attached hydrogen (secondary N) is 1. The van der Waals surface area contributed by atoms with Crippen LogP contribution in [0.5, 0.6) is 5.75 Å². The van der Waals surface area contributed by atoms with E-state index < -0.39 is 0 Å². The van der Waals surface area contributed by atoms with Gasteiger partial charge < -0.3 is 19.5 Å². The van der Waals surface area contributed by atoms with Crippen LogP contribution in [0.15, 0.2) is 30.3 Å². The van der Waals surface area contributed by atoms with Crippen LogP contribution in [0.3, 0.4) is 0 Å². The Bertz CT molecular complexity index is 743. The Hall–Kier alpha value is -2.27. The normalized spacial score (nSPS) is 15.0. The molecule has 1 aliphatic heterocycles. The summed E-state index contributed by atoms with van der Waals surface area (Å²) in [6, 6.07) is 9.86. The summed E-state index contributed by atoms with van der Waals surface area (Å²) in [5, 5.41) is 3.08. The first-order chi connectivity index (χ1) is 12.6. The van der Waals surface area contributed by atoms with E-state index in [2.05, 4.69) is 14.8 Å². The molecule has 0 atom stereocenters. The molecule has 1 aromatic carbocycles. The number of rotatable bonds is 6. The van der Waals surface area contributed by atoms with Crippen LogP contribution < -0.4 is 10.1 Å². The second-order valence-electron chi connectivity index (χ2n) is 6.98. The molecule has 1 fully saturated rings. The lowest BCUT2D eigenvalue weighted by Gasteiger charge is -2.26. The number of carbonyl (C=O) groups is 1. The first kappa shape index (κ1) is 18.5. The molecular formula is C21H29N3O2. The zero-order chi connectivity index (χ0) is 18.5. The number of nitrogens with zero attached hydrogens (tertiary/aromatic N) is 2. The second kappa shape index (κ2) is 8.41. The van der Waals surface area contributed by atoms with Gasteiger partial charge in [-0.25, -0.2) is 0 Å². The van der Waals surface area contributed by atoms with Crippen molar-refractivity contribution in [3.8, 4) is 11.4 Å². The minimum Gasteiger partial charge on any atom is -0.497 e. The summed E-state index contributed by atoms with van der Waals surface area (Å²) < 4.78 is 7.34. The lowest BCUT2D eigenvalue weighted by atomic mass is 10.1. The van der Waals surface area contributed by atoms with E-state index in [1.807, 2.05) is 44.2 Å². The highest BCUT2D eigenvalue weighted by molar-refractivity contribution is 5.95. The van der Waals surface area contributed by atoms with Gasteiger partial charge in [0.1, 0.15) is 5.75 Å². The summed E-state index contributed by atoms with van der Waals surface area (Å²) in [5.41, 5.74) is 3.79. The Morgan fingerprint density at radius 2 is 1.81 bits per heavy atom. The van der Waals surface area contributed by atoms with E-state index in [0.29, 0.717) is 6.54 Å². The number of amides is 1. The van der Waals surface area contributed by atoms with E-state index in [9.17, 15) is 4.79 Å². The SMILES string of the molecule is COc1ccc(-n2c(C)cc(C(=O)NCCN3CCCCC3)c2C)cc1. The molecule has 1 aromatic heterocycles. The molecule has 0 spiro atoms. The quantitative estimate of drug-likeness (QED) is 0.865. The van der Waals surface area contributed by atoms with Crippen molar-refractivity contribution in [1.82, 2.24) is 14.8 Å². The molecule has 1 saturated heterocycles. The van der Waals surface area contributed by atoms with Gasteiger partial charge in [0.15, 0.2) is 0 Å². The highest BCUT2D eigenvalue weighted by atomic mass is 16.5. The smallest absolute Gasteiger partial charge is 0.253 e. The summed E-state index contributed by atoms with van der Waals surface area (Å²) >= 11 is 0. The van der Waals surface area contributed by atoms with Crippen molar-refractivity contribution in [2.75, 3.05) is 33.3 Å². The van der Waals surface area contributed by atoms with Gasteiger partial charge in [-0.2, -0.15) is 0 Å². The Balaban J connectivity index is 1.67. The first-order valence-electron chi connectivity index (χ1n) is 9.44. The Morgan fingerprint density at radius 3 is 2.46 bits per heavy atom. The molecule has 1 N–H and O–H groups in total. The largest absolute Gasteiger partial charge is 0.497 e. The van der Waals surface area contributed by atoms with E-state index >= 15 is 0 Å². The van der Waals surface area contributed by atoms with Crippen molar-refractivity contribution in [3.05, 3.63) is 47.3 Å². The van der Waals surface area contributed by atoms with Gasteiger partial charge in [0, 0.05) is 30.2 Å². The van der Waals surface area contributed by atoms with Crippen LogP contribution in [0.2, 0.25) is 0 Å². The molecule has 26 heavy (non-hydrogen) atoms. The first-order valence-corrected chi connectivity index (χ1v) is 9.44. The van der Waals surface area contributed by atoms with Crippen molar-refractivity contribution >= 4 is 5.91 Å². The van der Waals surface area contributed by atoms with E-state index in [1.54, 1.807) is 7.11 Å². The fourth-order valence-corrected chi connectivity index (χ4v) is 3.73. The van der Waals surface area contributed by atoms with Crippen LogP contribution in [0.4, 0.5) is 0 Å². The van der Waals surface area contributed by atoms with Crippen LogP contribution in [-0.2, 0) is 0 Å². The third-order valence-electron chi connectivity index (χ3n) is 5.17. The number of benzene rings is 1. The summed E-state index contributed by atoms with van der Waals surface area (Å²) in [7, 11) is 1.66. The van der Waals surface area contributed by atoms with Gasteiger partial charge in [0.25, 0.3) is 5.91 Å². The van der Waals surface area contributed by atoms with Gasteiger partial charge in [0.05, 0.1) is 12.7 Å². The fraction of sp³-hybridized carbons (Fsp3) is 0.476. The number of aryl methyl sites for hydroxylation is 1. The zero-order valence-corrected chi connectivity index (χ0v) is 16.0. The monoisotopic (exact) mass is 355 g/mol. The summed E-state index contributed by atoms with van der Waals surface area (Å²) in [6.45, 7) is 7.97. The second-order valence-corrected chi connectivity index (χ2v) is 6.98. The van der Waals surface area contributed by atoms with Crippen molar-refractivity contribution in [3.63, 3.8) is 0 Å². The molecule has 0 saturated carbocycles. The predicted molar refractivity (Wildman–Crippen MR) is 104 cm³/mol. The molecule has 0 unspecified atom stereocenters. The highest BCUT2D eigenvalue weighted by Crippen LogP contribution is 2.22. The van der Waals surface area contributed by atoms with Gasteiger partial charge in [-0.15, -0.1) is 0 Å². The van der Waals surface area contributed by atoms with Crippen LogP contribution in [0, 0.1) is 13.8 Å². The van der Waals surface area contributed by atoms with E-state index in [0.717, 1.165) is 48.0 Å². The standard InChI is InChI=1S/C21H29N3O2/c1-16-15-20(21(25)22-11-14-23-12-5-4-6-13-23)17(2)24(16)18-7-9-19(26-3)10-8-18/h7-10,15H,4-6,11-14H2,1-3H3,(H,22,25). The summed E-state index contributed by atoms with van der Waals surface area (Å²) in [5.74, 6) is 0.835. The molecule has 2 heterocycles. The van der Waals surface area contributed by atoms with Gasteiger partial charge in [-0.05, 0) is 70.1 Å². The zero-order valence-electron chi connectivity index (χ0n) is 16.0. The highest BCUT2D eigenvalue weighted by Gasteiger charge is 2.17. The minimum absolute atomic E-state index is 0.00914. The number of carbonyl (C=O) groups excluding carboxylic acids is 1. The van der Waals surface area contributed by atoms with Crippen molar-refractivity contribution in [2.24, 2.45) is 0 Å². The number of ether oxygens (including phenoxy) is 1. The number of likely N-dealkylation sites (tertiary alicyclic amines) is 1. The van der Waals surface area contributed by atoms with E-state index in [4.69, 9.17) is 4.74 Å². The maximum absolute atomic E-state index is 12.6. The van der Waals surface area contributed by atoms with E-state index in [-0.39, 0.29) is 5.91 Å². The lowest BCUT2D eigenvalue weighted by Crippen LogP contribution is -2.37. The van der Waals surface area contributed by atoms with Crippen LogP contribution in [0.1, 0.15) is 41.0 Å². The molecule has 5 heteroatoms. The Morgan fingerprint density at radius 1 is 1.12 bits per heavy atom. The molecule has 1 aliphatic rings. The van der Waals surface area contributed by atoms with Crippen molar-refractivity contribution in [1.29, 1.82) is 0 Å². The molecule has 1 amide bonds. The minimum atomic E-state index is 0.00914. The molecule has 5 nitrogen and oxygen atoms in total. The number of piperidine rings is 1. The van der Waals surface area contributed by atoms with Crippen molar-refractivity contribution < 1.29 is 9.53 Å². The molecule has 3 rings (SSSR count). The average molecular weight is 355 g/mol. The number of hydrogen-bond acceptors (Lipinski definition) is 3. The Kier molecular flexibility index (Phi) is 5.99. The number of hydrogen-bond donors (Lipinski definition) is 1. The molecule has 0 radical (unpaired) electrons. The van der Waals surface area contributed by atoms with Gasteiger partial charge in [-0.1, -0.05) is 6.42 Å². The third-order valence-corrected chi connectivity index (χ3v) is 5.17. The topological polar surface area (TPSA) is 46.5 Å². The maximum Gasteiger partial charge on any atom is 0.253 e. The van der Waals surface area contributed by atoms with Gasteiger partial charge in [0.2, 0.25) is 0 Å². The van der Waals surface area contributed by atoms with E-state index in [1.165, 1.54) is 19.3 Å². The average Bonchev–Trinajstić information content (AvgIpc) is 2.97. The molecule has 0 bridgehead atoms. The molecule has 140 valence electrons. The van der Waals surface area contributed by atoms with Crippen LogP contribution in [0.25, 0.3) is 5.69 Å².